The van der Waals surface area contributed by atoms with Gasteiger partial charge in [0.15, 0.2) is 0 Å². The first kappa shape index (κ1) is 71.2. The number of allylic oxidation sites excluding steroid dienone is 9. The summed E-state index contributed by atoms with van der Waals surface area (Å²) < 4.78 is 23.4. The lowest BCUT2D eigenvalue weighted by molar-refractivity contribution is -0.870. The molecular weight excluding hydrogens is 924 g/mol. The van der Waals surface area contributed by atoms with Gasteiger partial charge in [0.05, 0.1) is 39.9 Å². The van der Waals surface area contributed by atoms with E-state index in [-0.39, 0.29) is 12.5 Å². The monoisotopic (exact) mass is 1040 g/mol. The molecule has 73 heavy (non-hydrogen) atoms. The fraction of sp³-hybridized carbons (Fsp3) is 0.828. The van der Waals surface area contributed by atoms with Crippen molar-refractivity contribution in [1.82, 2.24) is 5.32 Å². The zero-order valence-corrected chi connectivity index (χ0v) is 49.7. The molecule has 9 heteroatoms. The minimum Gasteiger partial charge on any atom is -0.756 e. The van der Waals surface area contributed by atoms with Crippen molar-refractivity contribution in [3.05, 3.63) is 60.8 Å². The normalized spacial score (nSPS) is 14.2. The first-order chi connectivity index (χ1) is 35.5. The molecule has 2 N–H and O–H groups in total. The third-order valence-electron chi connectivity index (χ3n) is 13.9. The van der Waals surface area contributed by atoms with E-state index in [9.17, 15) is 19.4 Å². The maximum atomic E-state index is 13.0. The summed E-state index contributed by atoms with van der Waals surface area (Å²) in [5, 5.41) is 13.9. The molecule has 1 amide bonds. The van der Waals surface area contributed by atoms with Crippen LogP contribution < -0.4 is 10.2 Å². The molecule has 0 rings (SSSR count). The molecule has 8 nitrogen and oxygen atoms in total. The van der Waals surface area contributed by atoms with Crippen LogP contribution in [0.1, 0.15) is 290 Å². The molecule has 0 bridgehead atoms. The Morgan fingerprint density at radius 1 is 0.479 bits per heavy atom. The van der Waals surface area contributed by atoms with E-state index in [2.05, 4.69) is 67.8 Å². The summed E-state index contributed by atoms with van der Waals surface area (Å²) >= 11 is 0. The first-order valence-electron chi connectivity index (χ1n) is 31.2. The molecule has 0 spiro atoms. The zero-order valence-electron chi connectivity index (χ0n) is 48.8. The van der Waals surface area contributed by atoms with Gasteiger partial charge in [0.25, 0.3) is 7.82 Å². The van der Waals surface area contributed by atoms with Gasteiger partial charge >= 0.3 is 0 Å². The van der Waals surface area contributed by atoms with Crippen LogP contribution in [-0.4, -0.2) is 68.5 Å². The van der Waals surface area contributed by atoms with E-state index in [1.165, 1.54) is 218 Å². The smallest absolute Gasteiger partial charge is 0.268 e. The quantitative estimate of drug-likeness (QED) is 0.0272. The fourth-order valence-corrected chi connectivity index (χ4v) is 9.76. The van der Waals surface area contributed by atoms with Gasteiger partial charge in [0.1, 0.15) is 13.2 Å². The lowest BCUT2D eigenvalue weighted by Crippen LogP contribution is -2.45. The van der Waals surface area contributed by atoms with Gasteiger partial charge < -0.3 is 28.8 Å². The van der Waals surface area contributed by atoms with Gasteiger partial charge in [-0.2, -0.15) is 0 Å². The van der Waals surface area contributed by atoms with Crippen molar-refractivity contribution < 1.29 is 32.9 Å². The Kier molecular flexibility index (Phi) is 53.6. The number of carbonyl (C=O) groups is 1. The van der Waals surface area contributed by atoms with Crippen molar-refractivity contribution in [3.8, 4) is 0 Å². The summed E-state index contributed by atoms with van der Waals surface area (Å²) in [7, 11) is 1.23. The highest BCUT2D eigenvalue weighted by atomic mass is 31.2. The number of aliphatic hydroxyl groups excluding tert-OH is 1. The molecule has 0 aliphatic rings. The number of aliphatic hydroxyl groups is 1. The predicted octanol–water partition coefficient (Wildman–Crippen LogP) is 18.6. The molecule has 0 aromatic carbocycles. The van der Waals surface area contributed by atoms with Crippen molar-refractivity contribution in [2.45, 2.75) is 302 Å². The lowest BCUT2D eigenvalue weighted by atomic mass is 10.0. The summed E-state index contributed by atoms with van der Waals surface area (Å²) in [6.07, 6.45) is 74.6. The second-order valence-electron chi connectivity index (χ2n) is 22.4. The molecule has 0 aromatic heterocycles. The highest BCUT2D eigenvalue weighted by molar-refractivity contribution is 7.45. The summed E-state index contributed by atoms with van der Waals surface area (Å²) in [5.41, 5.74) is 0. The van der Waals surface area contributed by atoms with Crippen LogP contribution in [0.25, 0.3) is 0 Å². The van der Waals surface area contributed by atoms with Gasteiger partial charge in [-0.15, -0.1) is 0 Å². The minimum atomic E-state index is -4.61. The van der Waals surface area contributed by atoms with Crippen LogP contribution in [0.4, 0.5) is 0 Å². The van der Waals surface area contributed by atoms with Crippen molar-refractivity contribution in [3.63, 3.8) is 0 Å². The molecule has 0 aliphatic carbocycles. The number of likely N-dealkylation sites (N-methyl/N-ethyl adjacent to an activating group) is 1. The largest absolute Gasteiger partial charge is 0.756 e. The van der Waals surface area contributed by atoms with E-state index in [0.717, 1.165) is 51.4 Å². The van der Waals surface area contributed by atoms with E-state index in [1.54, 1.807) is 6.08 Å². The number of quaternary nitrogens is 1. The molecule has 3 unspecified atom stereocenters. The van der Waals surface area contributed by atoms with Gasteiger partial charge in [0, 0.05) is 6.42 Å². The Labute approximate surface area is 453 Å². The number of nitrogens with zero attached hydrogens (tertiary/aromatic N) is 1. The summed E-state index contributed by atoms with van der Waals surface area (Å²) in [5.74, 6) is -0.215. The second kappa shape index (κ2) is 55.0. The molecule has 0 saturated heterocycles. The van der Waals surface area contributed by atoms with Crippen LogP contribution >= 0.6 is 7.82 Å². The van der Waals surface area contributed by atoms with Crippen molar-refractivity contribution >= 4 is 13.7 Å². The average molecular weight is 1050 g/mol. The standard InChI is InChI=1S/C64H121N2O6P/c1-6-8-10-12-14-16-18-20-22-24-26-28-29-30-31-32-33-34-35-36-38-39-41-43-45-47-49-51-53-55-57-63(67)62(61-72-73(69,70)71-60-59-66(3,4)5)65-64(68)58-56-54-52-50-48-46-44-42-40-37-27-25-23-21-19-17-15-13-11-9-7-2/h19,21,25,27,39,41,47,49,55,57,62-63,67H,6-18,20,22-24,26,28-38,40,42-46,48,50-54,56,58-61H2,1-5H3,(H-,65,68,69,70)/b21-19-,27-25-,41-39+,49-47+,57-55+. The summed E-state index contributed by atoms with van der Waals surface area (Å²) in [4.78, 5) is 25.5. The number of phosphoric acid groups is 1. The molecule has 3 atom stereocenters. The molecule has 0 aliphatic heterocycles. The predicted molar refractivity (Wildman–Crippen MR) is 316 cm³/mol. The van der Waals surface area contributed by atoms with Crippen molar-refractivity contribution in [2.75, 3.05) is 40.9 Å². The zero-order chi connectivity index (χ0) is 53.5. The number of hydrogen-bond acceptors (Lipinski definition) is 6. The summed E-state index contributed by atoms with van der Waals surface area (Å²) in [6.45, 7) is 4.63. The highest BCUT2D eigenvalue weighted by Gasteiger charge is 2.23. The van der Waals surface area contributed by atoms with Crippen LogP contribution in [0.5, 0.6) is 0 Å². The SMILES string of the molecule is CCCCCCC/C=C\C/C=C\CCCCCCCCCCCC(=O)NC(COP(=O)([O-])OCC[N+](C)(C)C)C(O)/C=C/CC/C=C/CC/C=C/CCCCCCCCCCCCCCCCCCCCCC. The van der Waals surface area contributed by atoms with Crippen molar-refractivity contribution in [2.24, 2.45) is 0 Å². The number of rotatable bonds is 57. The number of hydrogen-bond donors (Lipinski definition) is 2. The maximum Gasteiger partial charge on any atom is 0.268 e. The Hall–Kier alpha value is -1.80. The third-order valence-corrected chi connectivity index (χ3v) is 14.9. The Bertz CT molecular complexity index is 1370. The average Bonchev–Trinajstić information content (AvgIpc) is 3.35. The number of carbonyl (C=O) groups excluding carboxylic acids is 1. The van der Waals surface area contributed by atoms with E-state index in [1.807, 2.05) is 27.2 Å². The van der Waals surface area contributed by atoms with E-state index >= 15 is 0 Å². The maximum absolute atomic E-state index is 13.0. The topological polar surface area (TPSA) is 108 Å². The van der Waals surface area contributed by atoms with Gasteiger partial charge in [-0.25, -0.2) is 0 Å². The summed E-state index contributed by atoms with van der Waals surface area (Å²) in [6, 6.07) is -0.916. The number of nitrogens with one attached hydrogen (secondary N) is 1. The fourth-order valence-electron chi connectivity index (χ4n) is 9.04. The van der Waals surface area contributed by atoms with E-state index < -0.39 is 26.6 Å². The highest BCUT2D eigenvalue weighted by Crippen LogP contribution is 2.38. The van der Waals surface area contributed by atoms with Gasteiger partial charge in [-0.3, -0.25) is 9.36 Å². The Morgan fingerprint density at radius 3 is 1.19 bits per heavy atom. The van der Waals surface area contributed by atoms with E-state index in [4.69, 9.17) is 9.05 Å². The Balaban J connectivity index is 4.22. The van der Waals surface area contributed by atoms with Crippen LogP contribution in [0.3, 0.4) is 0 Å². The molecule has 0 fully saturated rings. The van der Waals surface area contributed by atoms with Gasteiger partial charge in [-0.05, 0) is 77.0 Å². The number of unbranched alkanes of at least 4 members (excludes halogenated alkanes) is 36. The third kappa shape index (κ3) is 57.7. The van der Waals surface area contributed by atoms with Crippen LogP contribution in [0.2, 0.25) is 0 Å². The molecule has 0 heterocycles. The van der Waals surface area contributed by atoms with Crippen LogP contribution in [-0.2, 0) is 18.4 Å². The molecule has 0 saturated carbocycles. The molecule has 0 radical (unpaired) electrons. The van der Waals surface area contributed by atoms with Crippen LogP contribution in [0.15, 0.2) is 60.8 Å². The minimum absolute atomic E-state index is 0.0114. The van der Waals surface area contributed by atoms with E-state index in [0.29, 0.717) is 17.4 Å². The number of phosphoric ester groups is 1. The molecule has 0 aromatic rings. The number of amides is 1. The van der Waals surface area contributed by atoms with Crippen LogP contribution in [0, 0.1) is 0 Å². The molecular formula is C64H121N2O6P. The van der Waals surface area contributed by atoms with Crippen molar-refractivity contribution in [1.29, 1.82) is 0 Å². The second-order valence-corrected chi connectivity index (χ2v) is 23.8. The Morgan fingerprint density at radius 2 is 0.808 bits per heavy atom. The first-order valence-corrected chi connectivity index (χ1v) is 32.6. The molecule has 428 valence electrons. The lowest BCUT2D eigenvalue weighted by Gasteiger charge is -2.29. The van der Waals surface area contributed by atoms with Gasteiger partial charge in [-0.1, -0.05) is 267 Å². The van der Waals surface area contributed by atoms with Gasteiger partial charge in [0.2, 0.25) is 5.91 Å².